The first-order chi connectivity index (χ1) is 14.9. The number of rotatable bonds is 8. The van der Waals surface area contributed by atoms with Crippen LogP contribution in [0.15, 0.2) is 24.3 Å². The van der Waals surface area contributed by atoms with Crippen molar-refractivity contribution in [3.05, 3.63) is 41.2 Å². The Bertz CT molecular complexity index is 1100. The number of aromatic nitrogens is 3. The zero-order chi connectivity index (χ0) is 22.0. The first-order valence-electron chi connectivity index (χ1n) is 10.5. The molecule has 10 heteroatoms. The van der Waals surface area contributed by atoms with Crippen LogP contribution in [0.25, 0.3) is 0 Å². The van der Waals surface area contributed by atoms with E-state index in [-0.39, 0.29) is 29.2 Å². The van der Waals surface area contributed by atoms with Crippen molar-refractivity contribution >= 4 is 21.7 Å². The monoisotopic (exact) mass is 442 g/mol. The lowest BCUT2D eigenvalue weighted by molar-refractivity contribution is -0.122. The van der Waals surface area contributed by atoms with Gasteiger partial charge >= 0.3 is 0 Å². The van der Waals surface area contributed by atoms with Crippen molar-refractivity contribution in [1.29, 1.82) is 5.26 Å². The summed E-state index contributed by atoms with van der Waals surface area (Å²) in [4.78, 5) is 14.0. The summed E-state index contributed by atoms with van der Waals surface area (Å²) in [5, 5.41) is 20.6. The van der Waals surface area contributed by atoms with Crippen LogP contribution in [0.4, 0.5) is 5.95 Å². The van der Waals surface area contributed by atoms with Crippen molar-refractivity contribution in [2.24, 2.45) is 5.92 Å². The molecule has 2 fully saturated rings. The lowest BCUT2D eigenvalue weighted by atomic mass is 10.1. The number of nitrogens with one attached hydrogen (secondary N) is 1. The third kappa shape index (κ3) is 5.05. The summed E-state index contributed by atoms with van der Waals surface area (Å²) in [7, 11) is -1.15. The summed E-state index contributed by atoms with van der Waals surface area (Å²) in [5.74, 6) is 1.56. The predicted octanol–water partition coefficient (Wildman–Crippen LogP) is 1.21. The molecule has 2 heterocycles. The summed E-state index contributed by atoms with van der Waals surface area (Å²) >= 11 is 0. The molecular weight excluding hydrogens is 416 g/mol. The molecule has 1 saturated heterocycles. The molecule has 1 atom stereocenters. The third-order valence-electron chi connectivity index (χ3n) is 5.78. The number of nitriles is 1. The Labute approximate surface area is 182 Å². The normalized spacial score (nSPS) is 19.7. The van der Waals surface area contributed by atoms with Crippen LogP contribution in [0.3, 0.4) is 0 Å². The fourth-order valence-electron chi connectivity index (χ4n) is 3.91. The van der Waals surface area contributed by atoms with Gasteiger partial charge in [-0.3, -0.25) is 9.36 Å². The number of carbonyl (C=O) groups is 1. The van der Waals surface area contributed by atoms with Gasteiger partial charge in [0.15, 0.2) is 9.84 Å². The maximum absolute atomic E-state index is 12.0. The summed E-state index contributed by atoms with van der Waals surface area (Å²) in [6, 6.07) is 9.46. The van der Waals surface area contributed by atoms with Gasteiger partial charge in [0.25, 0.3) is 0 Å². The van der Waals surface area contributed by atoms with E-state index in [0.29, 0.717) is 43.4 Å². The average molecular weight is 443 g/mol. The molecule has 1 aromatic heterocycles. The molecule has 1 N–H and O–H groups in total. The van der Waals surface area contributed by atoms with Gasteiger partial charge in [0.1, 0.15) is 5.82 Å². The first-order valence-corrected chi connectivity index (χ1v) is 12.3. The highest BCUT2D eigenvalue weighted by Gasteiger charge is 2.34. The van der Waals surface area contributed by atoms with Gasteiger partial charge < -0.3 is 10.2 Å². The molecule has 4 rings (SSSR count). The summed E-state index contributed by atoms with van der Waals surface area (Å²) in [6.45, 7) is 1.48. The molecule has 0 bridgehead atoms. The number of carbonyl (C=O) groups excluding carboxylic acids is 1. The van der Waals surface area contributed by atoms with Crippen LogP contribution in [0, 0.1) is 17.2 Å². The highest BCUT2D eigenvalue weighted by atomic mass is 32.2. The SMILES string of the molecule is CN(Cc1ccc(C#N)cc1)c1nnc(C2CCS(=O)(=O)C2)n1CCNC(=O)C1CC1. The van der Waals surface area contributed by atoms with Crippen LogP contribution >= 0.6 is 0 Å². The van der Waals surface area contributed by atoms with Crippen LogP contribution in [-0.2, 0) is 27.7 Å². The van der Waals surface area contributed by atoms with Gasteiger partial charge in [-0.25, -0.2) is 8.42 Å². The molecule has 1 aliphatic carbocycles. The minimum Gasteiger partial charge on any atom is -0.354 e. The van der Waals surface area contributed by atoms with E-state index in [1.165, 1.54) is 0 Å². The molecular formula is C21H26N6O3S. The van der Waals surface area contributed by atoms with Gasteiger partial charge in [-0.2, -0.15) is 5.26 Å². The number of hydrogen-bond donors (Lipinski definition) is 1. The second kappa shape index (κ2) is 8.67. The van der Waals surface area contributed by atoms with Crippen molar-refractivity contribution in [2.75, 3.05) is 30.0 Å². The average Bonchev–Trinajstić information content (AvgIpc) is 3.42. The summed E-state index contributed by atoms with van der Waals surface area (Å²) < 4.78 is 25.9. The zero-order valence-electron chi connectivity index (χ0n) is 17.5. The molecule has 31 heavy (non-hydrogen) atoms. The number of amides is 1. The Morgan fingerprint density at radius 1 is 1.26 bits per heavy atom. The van der Waals surface area contributed by atoms with Crippen LogP contribution in [0.2, 0.25) is 0 Å². The van der Waals surface area contributed by atoms with E-state index >= 15 is 0 Å². The highest BCUT2D eigenvalue weighted by molar-refractivity contribution is 7.91. The van der Waals surface area contributed by atoms with Crippen molar-refractivity contribution < 1.29 is 13.2 Å². The largest absolute Gasteiger partial charge is 0.354 e. The Morgan fingerprint density at radius 3 is 2.61 bits per heavy atom. The second-order valence-electron chi connectivity index (χ2n) is 8.34. The maximum Gasteiger partial charge on any atom is 0.227 e. The smallest absolute Gasteiger partial charge is 0.227 e. The number of nitrogens with zero attached hydrogens (tertiary/aromatic N) is 5. The van der Waals surface area contributed by atoms with Gasteiger partial charge in [0.05, 0.1) is 23.1 Å². The van der Waals surface area contributed by atoms with Crippen molar-refractivity contribution in [3.8, 4) is 6.07 Å². The van der Waals surface area contributed by atoms with E-state index in [4.69, 9.17) is 5.26 Å². The zero-order valence-corrected chi connectivity index (χ0v) is 18.3. The summed E-state index contributed by atoms with van der Waals surface area (Å²) in [6.07, 6.45) is 2.43. The van der Waals surface area contributed by atoms with E-state index in [0.717, 1.165) is 18.4 Å². The second-order valence-corrected chi connectivity index (χ2v) is 10.6. The number of anilines is 1. The standard InChI is InChI=1S/C21H26N6O3S/c1-26(13-16-4-2-15(12-22)3-5-16)21-25-24-19(18-8-11-31(29,30)14-18)27(21)10-9-23-20(28)17-6-7-17/h2-5,17-18H,6-11,13-14H2,1H3,(H,23,28). The Hall–Kier alpha value is -2.93. The topological polar surface area (TPSA) is 121 Å². The molecule has 1 amide bonds. The molecule has 0 spiro atoms. The molecule has 1 unspecified atom stereocenters. The van der Waals surface area contributed by atoms with Crippen molar-refractivity contribution in [3.63, 3.8) is 0 Å². The molecule has 164 valence electrons. The van der Waals surface area contributed by atoms with Gasteiger partial charge in [-0.15, -0.1) is 10.2 Å². The third-order valence-corrected chi connectivity index (χ3v) is 7.55. The lowest BCUT2D eigenvalue weighted by Crippen LogP contribution is -2.30. The van der Waals surface area contributed by atoms with Crippen LogP contribution in [0.5, 0.6) is 0 Å². The van der Waals surface area contributed by atoms with E-state index in [2.05, 4.69) is 21.6 Å². The highest BCUT2D eigenvalue weighted by Crippen LogP contribution is 2.30. The van der Waals surface area contributed by atoms with Gasteiger partial charge in [0, 0.05) is 38.5 Å². The molecule has 1 aliphatic heterocycles. The molecule has 1 aromatic carbocycles. The van der Waals surface area contributed by atoms with E-state index in [9.17, 15) is 13.2 Å². The van der Waals surface area contributed by atoms with Crippen LogP contribution in [-0.4, -0.2) is 54.2 Å². The summed E-state index contributed by atoms with van der Waals surface area (Å²) in [5.41, 5.74) is 1.62. The minimum atomic E-state index is -3.05. The molecule has 2 aromatic rings. The Balaban J connectivity index is 1.53. The molecule has 0 radical (unpaired) electrons. The fraction of sp³-hybridized carbons (Fsp3) is 0.524. The van der Waals surface area contributed by atoms with Gasteiger partial charge in [0.2, 0.25) is 11.9 Å². The Kier molecular flexibility index (Phi) is 5.96. The van der Waals surface area contributed by atoms with E-state index in [1.807, 2.05) is 28.6 Å². The van der Waals surface area contributed by atoms with Crippen molar-refractivity contribution in [1.82, 2.24) is 20.1 Å². The van der Waals surface area contributed by atoms with E-state index in [1.54, 1.807) is 12.1 Å². The lowest BCUT2D eigenvalue weighted by Gasteiger charge is -2.21. The fourth-order valence-corrected chi connectivity index (χ4v) is 5.65. The van der Waals surface area contributed by atoms with Crippen LogP contribution in [0.1, 0.15) is 42.1 Å². The van der Waals surface area contributed by atoms with Crippen molar-refractivity contribution in [2.45, 2.75) is 38.3 Å². The van der Waals surface area contributed by atoms with Gasteiger partial charge in [-0.1, -0.05) is 12.1 Å². The quantitative estimate of drug-likeness (QED) is 0.652. The number of hydrogen-bond acceptors (Lipinski definition) is 7. The number of benzene rings is 1. The van der Waals surface area contributed by atoms with E-state index < -0.39 is 9.84 Å². The van der Waals surface area contributed by atoms with Crippen LogP contribution < -0.4 is 10.2 Å². The van der Waals surface area contributed by atoms with Gasteiger partial charge in [-0.05, 0) is 37.0 Å². The maximum atomic E-state index is 12.0. The number of sulfone groups is 1. The molecule has 1 saturated carbocycles. The minimum absolute atomic E-state index is 0.0746. The molecule has 2 aliphatic rings. The molecule has 9 nitrogen and oxygen atoms in total. The Morgan fingerprint density at radius 2 is 2.00 bits per heavy atom. The predicted molar refractivity (Wildman–Crippen MR) is 115 cm³/mol. The first kappa shape index (κ1) is 21.3.